The van der Waals surface area contributed by atoms with Crippen LogP contribution in [0.3, 0.4) is 0 Å². The Labute approximate surface area is 128 Å². The second-order valence-electron chi connectivity index (χ2n) is 6.42. The second-order valence-corrected chi connectivity index (χ2v) is 6.42. The van der Waals surface area contributed by atoms with E-state index in [-0.39, 0.29) is 0 Å². The lowest BCUT2D eigenvalue weighted by molar-refractivity contribution is 0.833. The first-order chi connectivity index (χ1) is 9.85. The van der Waals surface area contributed by atoms with E-state index >= 15 is 0 Å². The van der Waals surface area contributed by atoms with Crippen molar-refractivity contribution in [2.75, 3.05) is 0 Å². The molecule has 110 valence electrons. The molecule has 1 aliphatic carbocycles. The van der Waals surface area contributed by atoms with Crippen molar-refractivity contribution < 1.29 is 0 Å². The average molecular weight is 279 g/mol. The number of nitrogens with one attached hydrogen (secondary N) is 1. The van der Waals surface area contributed by atoms with E-state index in [1.54, 1.807) is 0 Å². The van der Waals surface area contributed by atoms with E-state index in [0.717, 1.165) is 22.3 Å². The summed E-state index contributed by atoms with van der Waals surface area (Å²) in [6, 6.07) is 6.76. The summed E-state index contributed by atoms with van der Waals surface area (Å²) >= 11 is 0. The first-order valence-electron chi connectivity index (χ1n) is 7.64. The minimum atomic E-state index is 0.492. The van der Waals surface area contributed by atoms with Crippen LogP contribution in [0.1, 0.15) is 63.1 Å². The maximum atomic E-state index is 8.36. The molecular formula is C20H25N. The molecule has 1 nitrogen and oxygen atoms in total. The van der Waals surface area contributed by atoms with Crippen LogP contribution < -0.4 is 0 Å². The third-order valence-electron chi connectivity index (χ3n) is 4.22. The molecule has 0 aromatic heterocycles. The molecule has 0 atom stereocenters. The monoisotopic (exact) mass is 279 g/mol. The van der Waals surface area contributed by atoms with Crippen molar-refractivity contribution in [3.05, 3.63) is 64.8 Å². The van der Waals surface area contributed by atoms with Crippen LogP contribution >= 0.6 is 0 Å². The molecule has 0 amide bonds. The van der Waals surface area contributed by atoms with Gasteiger partial charge >= 0.3 is 0 Å². The van der Waals surface area contributed by atoms with Crippen molar-refractivity contribution in [3.8, 4) is 0 Å². The molecule has 1 heteroatoms. The molecule has 21 heavy (non-hydrogen) atoms. The minimum Gasteiger partial charge on any atom is -0.300 e. The minimum absolute atomic E-state index is 0.492. The number of hydrogen-bond acceptors (Lipinski definition) is 1. The van der Waals surface area contributed by atoms with Crippen molar-refractivity contribution >= 4 is 11.3 Å². The highest BCUT2D eigenvalue weighted by Crippen LogP contribution is 2.33. The summed E-state index contributed by atoms with van der Waals surface area (Å²) in [6.07, 6.45) is 3.93. The van der Waals surface area contributed by atoms with Crippen molar-refractivity contribution in [3.63, 3.8) is 0 Å². The average Bonchev–Trinajstić information content (AvgIpc) is 2.74. The molecule has 0 saturated heterocycles. The molecule has 0 saturated carbocycles. The maximum absolute atomic E-state index is 8.36. The summed E-state index contributed by atoms with van der Waals surface area (Å²) in [6.45, 7) is 14.7. The van der Waals surface area contributed by atoms with E-state index in [9.17, 15) is 0 Å². The van der Waals surface area contributed by atoms with E-state index < -0.39 is 0 Å². The third kappa shape index (κ3) is 2.92. The van der Waals surface area contributed by atoms with E-state index in [0.29, 0.717) is 17.5 Å². The first kappa shape index (κ1) is 15.5. The van der Waals surface area contributed by atoms with Gasteiger partial charge in [0.25, 0.3) is 0 Å². The van der Waals surface area contributed by atoms with Gasteiger partial charge in [-0.1, -0.05) is 58.5 Å². The third-order valence-corrected chi connectivity index (χ3v) is 4.22. The molecule has 0 radical (unpaired) electrons. The lowest BCUT2D eigenvalue weighted by atomic mass is 9.90. The van der Waals surface area contributed by atoms with Gasteiger partial charge in [-0.2, -0.15) is 0 Å². The Balaban J connectivity index is 2.55. The van der Waals surface area contributed by atoms with Gasteiger partial charge in [0.05, 0.1) is 5.71 Å². The summed E-state index contributed by atoms with van der Waals surface area (Å²) in [4.78, 5) is 0. The molecule has 1 aromatic rings. The quantitative estimate of drug-likeness (QED) is 0.714. The van der Waals surface area contributed by atoms with E-state index in [1.807, 2.05) is 13.0 Å². The Morgan fingerprint density at radius 1 is 1.00 bits per heavy atom. The van der Waals surface area contributed by atoms with E-state index in [2.05, 4.69) is 58.5 Å². The Bertz CT molecular complexity index is 628. The predicted octanol–water partition coefficient (Wildman–Crippen LogP) is 5.85. The van der Waals surface area contributed by atoms with Crippen LogP contribution in [0.25, 0.3) is 5.57 Å². The summed E-state index contributed by atoms with van der Waals surface area (Å²) < 4.78 is 0. The molecule has 0 bridgehead atoms. The van der Waals surface area contributed by atoms with Crippen LogP contribution in [0.2, 0.25) is 0 Å². The molecule has 0 unspecified atom stereocenters. The van der Waals surface area contributed by atoms with Gasteiger partial charge in [-0.15, -0.1) is 0 Å². The zero-order valence-corrected chi connectivity index (χ0v) is 13.7. The standard InChI is InChI=1S/C20H25N/c1-7-15-11-19(20(21)14(15)6)18-9-16(12(2)3)8-17(10-18)13(4)5/h7-13,21H,1H2,2-6H3. The molecule has 0 aliphatic heterocycles. The number of hydrogen-bond donors (Lipinski definition) is 1. The van der Waals surface area contributed by atoms with Crippen molar-refractivity contribution in [2.45, 2.75) is 46.5 Å². The fourth-order valence-corrected chi connectivity index (χ4v) is 2.62. The van der Waals surface area contributed by atoms with Crippen LogP contribution in [0.4, 0.5) is 0 Å². The Hall–Kier alpha value is -1.89. The lowest BCUT2D eigenvalue weighted by Crippen LogP contribution is -2.01. The predicted molar refractivity (Wildman–Crippen MR) is 93.2 cm³/mol. The normalized spacial score (nSPS) is 15.2. The maximum Gasteiger partial charge on any atom is 0.0653 e. The SMILES string of the molecule is C=CC1=C(C)C(=N)C(c2cc(C(C)C)cc(C(C)C)c2)=C1. The zero-order valence-electron chi connectivity index (χ0n) is 13.7. The molecule has 0 heterocycles. The Kier molecular flexibility index (Phi) is 4.32. The topological polar surface area (TPSA) is 23.9 Å². The van der Waals surface area contributed by atoms with Gasteiger partial charge < -0.3 is 0 Å². The molecule has 1 aliphatic rings. The lowest BCUT2D eigenvalue weighted by Gasteiger charge is -2.15. The van der Waals surface area contributed by atoms with E-state index in [4.69, 9.17) is 5.41 Å². The van der Waals surface area contributed by atoms with Crippen LogP contribution in [0.5, 0.6) is 0 Å². The Morgan fingerprint density at radius 2 is 1.52 bits per heavy atom. The Morgan fingerprint density at radius 3 is 1.90 bits per heavy atom. The number of allylic oxidation sites excluding steroid dienone is 5. The van der Waals surface area contributed by atoms with Crippen LogP contribution in [-0.2, 0) is 0 Å². The molecule has 1 N–H and O–H groups in total. The summed E-state index contributed by atoms with van der Waals surface area (Å²) in [5.41, 5.74) is 7.57. The summed E-state index contributed by atoms with van der Waals surface area (Å²) in [5.74, 6) is 0.984. The van der Waals surface area contributed by atoms with Gasteiger partial charge in [0.2, 0.25) is 0 Å². The molecule has 2 rings (SSSR count). The van der Waals surface area contributed by atoms with Crippen LogP contribution in [0.15, 0.2) is 48.1 Å². The van der Waals surface area contributed by atoms with Gasteiger partial charge in [-0.3, -0.25) is 5.41 Å². The highest BCUT2D eigenvalue weighted by Gasteiger charge is 2.20. The fourth-order valence-electron chi connectivity index (χ4n) is 2.62. The van der Waals surface area contributed by atoms with Gasteiger partial charge in [-0.05, 0) is 52.7 Å². The molecule has 1 aromatic carbocycles. The van der Waals surface area contributed by atoms with Gasteiger partial charge in [0, 0.05) is 5.57 Å². The van der Waals surface area contributed by atoms with Crippen LogP contribution in [0, 0.1) is 5.41 Å². The smallest absolute Gasteiger partial charge is 0.0653 e. The number of rotatable bonds is 4. The molecule has 0 fully saturated rings. The van der Waals surface area contributed by atoms with Gasteiger partial charge in [-0.25, -0.2) is 0 Å². The highest BCUT2D eigenvalue weighted by molar-refractivity contribution is 6.33. The summed E-state index contributed by atoms with van der Waals surface area (Å²) in [7, 11) is 0. The molecule has 0 spiro atoms. The fraction of sp³-hybridized carbons (Fsp3) is 0.350. The van der Waals surface area contributed by atoms with Gasteiger partial charge in [0.1, 0.15) is 0 Å². The highest BCUT2D eigenvalue weighted by atomic mass is 14.5. The van der Waals surface area contributed by atoms with E-state index in [1.165, 1.54) is 11.1 Å². The van der Waals surface area contributed by atoms with Crippen molar-refractivity contribution in [1.82, 2.24) is 0 Å². The largest absolute Gasteiger partial charge is 0.300 e. The summed E-state index contributed by atoms with van der Waals surface area (Å²) in [5, 5.41) is 8.36. The van der Waals surface area contributed by atoms with Crippen molar-refractivity contribution in [1.29, 1.82) is 5.41 Å². The zero-order chi connectivity index (χ0) is 15.7. The van der Waals surface area contributed by atoms with Gasteiger partial charge in [0.15, 0.2) is 0 Å². The molecular weight excluding hydrogens is 254 g/mol. The van der Waals surface area contributed by atoms with Crippen molar-refractivity contribution in [2.24, 2.45) is 0 Å². The van der Waals surface area contributed by atoms with Crippen LogP contribution in [-0.4, -0.2) is 5.71 Å². The number of benzene rings is 1. The second kappa shape index (κ2) is 5.85. The first-order valence-corrected chi connectivity index (χ1v) is 7.64.